The predicted molar refractivity (Wildman–Crippen MR) is 54.0 cm³/mol. The Morgan fingerprint density at radius 1 is 1.71 bits per heavy atom. The van der Waals surface area contributed by atoms with Gasteiger partial charge in [-0.25, -0.2) is 4.98 Å². The van der Waals surface area contributed by atoms with Gasteiger partial charge in [0.15, 0.2) is 0 Å². The molecule has 0 radical (unpaired) electrons. The van der Waals surface area contributed by atoms with E-state index in [1.807, 2.05) is 6.92 Å². The maximum absolute atomic E-state index is 5.35. The number of oxazole rings is 1. The van der Waals surface area contributed by atoms with Gasteiger partial charge in [0.05, 0.1) is 12.7 Å². The van der Waals surface area contributed by atoms with Crippen LogP contribution in [0.4, 0.5) is 0 Å². The number of nitrogens with zero attached hydrogens (tertiary/aromatic N) is 1. The van der Waals surface area contributed by atoms with Crippen molar-refractivity contribution in [1.29, 1.82) is 0 Å². The van der Waals surface area contributed by atoms with E-state index in [0.717, 1.165) is 31.3 Å². The van der Waals surface area contributed by atoms with Crippen molar-refractivity contribution >= 4 is 0 Å². The highest BCUT2D eigenvalue weighted by Crippen LogP contribution is 2.04. The summed E-state index contributed by atoms with van der Waals surface area (Å²) < 4.78 is 5.35. The smallest absolute Gasteiger partial charge is 0.208 e. The van der Waals surface area contributed by atoms with E-state index in [9.17, 15) is 0 Å². The van der Waals surface area contributed by atoms with Gasteiger partial charge in [-0.3, -0.25) is 0 Å². The number of nitrogens with one attached hydrogen (secondary N) is 2. The lowest BCUT2D eigenvalue weighted by Gasteiger charge is -2.09. The predicted octanol–water partition coefficient (Wildman–Crippen LogP) is 0.825. The maximum atomic E-state index is 5.35. The summed E-state index contributed by atoms with van der Waals surface area (Å²) in [5, 5.41) is 6.77. The van der Waals surface area contributed by atoms with Crippen LogP contribution in [0.5, 0.6) is 0 Å². The summed E-state index contributed by atoms with van der Waals surface area (Å²) in [6.07, 6.45) is 4.33. The standard InChI is InChI=1S/C10H17N3O/c1-8-5-13-10(14-8)7-11-6-9-3-2-4-12-9/h5,9,11-12H,2-4,6-7H2,1H3. The molecule has 1 saturated heterocycles. The van der Waals surface area contributed by atoms with Crippen molar-refractivity contribution in [3.63, 3.8) is 0 Å². The average molecular weight is 195 g/mol. The van der Waals surface area contributed by atoms with Crippen molar-refractivity contribution in [2.45, 2.75) is 32.4 Å². The van der Waals surface area contributed by atoms with E-state index in [4.69, 9.17) is 4.42 Å². The topological polar surface area (TPSA) is 50.1 Å². The molecule has 0 spiro atoms. The minimum atomic E-state index is 0.631. The van der Waals surface area contributed by atoms with Crippen LogP contribution in [0.2, 0.25) is 0 Å². The highest BCUT2D eigenvalue weighted by atomic mass is 16.4. The van der Waals surface area contributed by atoms with Crippen LogP contribution in [0.3, 0.4) is 0 Å². The molecule has 0 bridgehead atoms. The molecule has 0 amide bonds. The Bertz CT molecular complexity index is 279. The summed E-state index contributed by atoms with van der Waals surface area (Å²) in [7, 11) is 0. The van der Waals surface area contributed by atoms with Crippen LogP contribution in [-0.4, -0.2) is 24.1 Å². The molecule has 1 fully saturated rings. The maximum Gasteiger partial charge on any atom is 0.208 e. The fourth-order valence-corrected chi connectivity index (χ4v) is 1.77. The molecule has 0 aliphatic carbocycles. The van der Waals surface area contributed by atoms with E-state index < -0.39 is 0 Å². The van der Waals surface area contributed by atoms with Crippen molar-refractivity contribution in [3.05, 3.63) is 17.8 Å². The Balaban J connectivity index is 1.67. The van der Waals surface area contributed by atoms with Crippen LogP contribution >= 0.6 is 0 Å². The van der Waals surface area contributed by atoms with Crippen LogP contribution in [-0.2, 0) is 6.54 Å². The summed E-state index contributed by atoms with van der Waals surface area (Å²) >= 11 is 0. The van der Waals surface area contributed by atoms with Gasteiger partial charge in [0, 0.05) is 12.6 Å². The molecule has 1 aliphatic rings. The van der Waals surface area contributed by atoms with E-state index in [1.165, 1.54) is 12.8 Å². The van der Waals surface area contributed by atoms with E-state index in [0.29, 0.717) is 6.04 Å². The Morgan fingerprint density at radius 3 is 3.29 bits per heavy atom. The number of aryl methyl sites for hydroxylation is 1. The first-order chi connectivity index (χ1) is 6.84. The van der Waals surface area contributed by atoms with Crippen molar-refractivity contribution in [1.82, 2.24) is 15.6 Å². The average Bonchev–Trinajstić information content (AvgIpc) is 2.77. The highest BCUT2D eigenvalue weighted by Gasteiger charge is 2.13. The van der Waals surface area contributed by atoms with Crippen LogP contribution in [0, 0.1) is 6.92 Å². The molecule has 4 nitrogen and oxygen atoms in total. The fourth-order valence-electron chi connectivity index (χ4n) is 1.77. The summed E-state index contributed by atoms with van der Waals surface area (Å²) in [4.78, 5) is 4.13. The molecule has 14 heavy (non-hydrogen) atoms. The molecular formula is C10H17N3O. The summed E-state index contributed by atoms with van der Waals surface area (Å²) in [6.45, 7) is 4.80. The van der Waals surface area contributed by atoms with Gasteiger partial charge in [0.25, 0.3) is 0 Å². The SMILES string of the molecule is Cc1cnc(CNCC2CCCN2)o1. The molecule has 1 atom stereocenters. The molecule has 4 heteroatoms. The largest absolute Gasteiger partial charge is 0.445 e. The molecule has 2 rings (SSSR count). The summed E-state index contributed by atoms with van der Waals surface area (Å²) in [5.74, 6) is 1.65. The second-order valence-electron chi connectivity index (χ2n) is 3.79. The summed E-state index contributed by atoms with van der Waals surface area (Å²) in [5.41, 5.74) is 0. The molecule has 1 aromatic rings. The third-order valence-electron chi connectivity index (χ3n) is 2.50. The zero-order chi connectivity index (χ0) is 9.80. The Hall–Kier alpha value is -0.870. The summed E-state index contributed by atoms with van der Waals surface area (Å²) in [6, 6.07) is 0.631. The highest BCUT2D eigenvalue weighted by molar-refractivity contribution is 4.90. The molecule has 0 aromatic carbocycles. The molecule has 2 N–H and O–H groups in total. The Kier molecular flexibility index (Phi) is 3.16. The number of rotatable bonds is 4. The van der Waals surface area contributed by atoms with Gasteiger partial charge in [0.2, 0.25) is 5.89 Å². The van der Waals surface area contributed by atoms with Crippen molar-refractivity contribution in [2.75, 3.05) is 13.1 Å². The second-order valence-corrected chi connectivity index (χ2v) is 3.79. The minimum absolute atomic E-state index is 0.631. The first-order valence-electron chi connectivity index (χ1n) is 5.20. The minimum Gasteiger partial charge on any atom is -0.445 e. The first kappa shape index (κ1) is 9.68. The lowest BCUT2D eigenvalue weighted by molar-refractivity contribution is 0.436. The zero-order valence-corrected chi connectivity index (χ0v) is 8.55. The molecule has 1 aliphatic heterocycles. The van der Waals surface area contributed by atoms with E-state index >= 15 is 0 Å². The first-order valence-corrected chi connectivity index (χ1v) is 5.20. The lowest BCUT2D eigenvalue weighted by atomic mass is 10.2. The van der Waals surface area contributed by atoms with Gasteiger partial charge >= 0.3 is 0 Å². The van der Waals surface area contributed by atoms with Gasteiger partial charge in [-0.2, -0.15) is 0 Å². The van der Waals surface area contributed by atoms with Crippen LogP contribution in [0.25, 0.3) is 0 Å². The molecule has 1 aromatic heterocycles. The van der Waals surface area contributed by atoms with Crippen LogP contribution in [0.15, 0.2) is 10.6 Å². The molecule has 0 saturated carbocycles. The quantitative estimate of drug-likeness (QED) is 0.747. The van der Waals surface area contributed by atoms with Crippen LogP contribution in [0.1, 0.15) is 24.5 Å². The third kappa shape index (κ3) is 2.56. The molecular weight excluding hydrogens is 178 g/mol. The number of hydrogen-bond donors (Lipinski definition) is 2. The number of aromatic nitrogens is 1. The van der Waals surface area contributed by atoms with Gasteiger partial charge in [-0.15, -0.1) is 0 Å². The van der Waals surface area contributed by atoms with E-state index in [-0.39, 0.29) is 0 Å². The Labute approximate surface area is 84.1 Å². The van der Waals surface area contributed by atoms with Gasteiger partial charge in [-0.1, -0.05) is 0 Å². The van der Waals surface area contributed by atoms with E-state index in [1.54, 1.807) is 6.20 Å². The second kappa shape index (κ2) is 4.57. The van der Waals surface area contributed by atoms with Crippen molar-refractivity contribution < 1.29 is 4.42 Å². The van der Waals surface area contributed by atoms with Gasteiger partial charge in [0.1, 0.15) is 5.76 Å². The molecule has 2 heterocycles. The number of hydrogen-bond acceptors (Lipinski definition) is 4. The van der Waals surface area contributed by atoms with Gasteiger partial charge in [-0.05, 0) is 26.3 Å². The van der Waals surface area contributed by atoms with Crippen molar-refractivity contribution in [3.8, 4) is 0 Å². The third-order valence-corrected chi connectivity index (χ3v) is 2.50. The fraction of sp³-hybridized carbons (Fsp3) is 0.700. The van der Waals surface area contributed by atoms with Gasteiger partial charge < -0.3 is 15.1 Å². The molecule has 78 valence electrons. The van der Waals surface area contributed by atoms with Crippen LogP contribution < -0.4 is 10.6 Å². The van der Waals surface area contributed by atoms with E-state index in [2.05, 4.69) is 15.6 Å². The zero-order valence-electron chi connectivity index (χ0n) is 8.55. The Morgan fingerprint density at radius 2 is 2.64 bits per heavy atom. The van der Waals surface area contributed by atoms with Crippen molar-refractivity contribution in [2.24, 2.45) is 0 Å². The molecule has 1 unspecified atom stereocenters. The monoisotopic (exact) mass is 195 g/mol. The normalized spacial score (nSPS) is 21.6. The lowest BCUT2D eigenvalue weighted by Crippen LogP contribution is -2.33.